The second-order valence-corrected chi connectivity index (χ2v) is 6.99. The van der Waals surface area contributed by atoms with E-state index in [-0.39, 0.29) is 16.3 Å². The molecule has 0 amide bonds. The van der Waals surface area contributed by atoms with Gasteiger partial charge >= 0.3 is 0 Å². The van der Waals surface area contributed by atoms with E-state index < -0.39 is 16.4 Å². The van der Waals surface area contributed by atoms with Crippen molar-refractivity contribution in [3.05, 3.63) is 23.8 Å². The smallest absolute Gasteiger partial charge is 0.232 e. The van der Waals surface area contributed by atoms with Crippen LogP contribution in [-0.2, 0) is 16.4 Å². The van der Waals surface area contributed by atoms with Gasteiger partial charge < -0.3 is 5.11 Å². The van der Waals surface area contributed by atoms with Crippen molar-refractivity contribution < 1.29 is 9.32 Å². The maximum absolute atomic E-state index is 11.9. The van der Waals surface area contributed by atoms with Crippen LogP contribution in [0.4, 0.5) is 0 Å². The molecule has 6 heteroatoms. The average Bonchev–Trinajstić information content (AvgIpc) is 2.63. The summed E-state index contributed by atoms with van der Waals surface area (Å²) in [6.45, 7) is 0. The second kappa shape index (κ2) is 4.11. The lowest BCUT2D eigenvalue weighted by Crippen LogP contribution is -2.40. The maximum atomic E-state index is 11.9. The molecule has 1 aromatic heterocycles. The largest absolute Gasteiger partial charge is 0.385 e. The fourth-order valence-electron chi connectivity index (χ4n) is 2.94. The Bertz CT molecular complexity index is 521. The lowest BCUT2D eigenvalue weighted by atomic mass is 9.88. The van der Waals surface area contributed by atoms with Gasteiger partial charge in [-0.3, -0.25) is 4.21 Å². The van der Waals surface area contributed by atoms with Crippen molar-refractivity contribution in [1.29, 1.82) is 5.26 Å². The minimum atomic E-state index is -0.978. The zero-order chi connectivity index (χ0) is 12.8. The fraction of sp³-hybridized carbons (Fsp3) is 0.583. The lowest BCUT2D eigenvalue weighted by Gasteiger charge is -2.35. The Morgan fingerprint density at radius 2 is 1.89 bits per heavy atom. The van der Waals surface area contributed by atoms with Gasteiger partial charge in [0.05, 0.1) is 5.60 Å². The number of hydrogen-bond acceptors (Lipinski definition) is 5. The minimum absolute atomic E-state index is 0.0874. The SMILES string of the molecule is N#Cc1ncc(C2(O)CC3CCC(C2)S3=O)cn1. The highest BCUT2D eigenvalue weighted by atomic mass is 32.2. The van der Waals surface area contributed by atoms with E-state index in [0.29, 0.717) is 18.4 Å². The quantitative estimate of drug-likeness (QED) is 0.802. The van der Waals surface area contributed by atoms with Crippen molar-refractivity contribution in [2.45, 2.75) is 41.8 Å². The van der Waals surface area contributed by atoms with Crippen LogP contribution in [0.3, 0.4) is 0 Å². The third-order valence-corrected chi connectivity index (χ3v) is 6.01. The van der Waals surface area contributed by atoms with E-state index in [0.717, 1.165) is 12.8 Å². The van der Waals surface area contributed by atoms with Crippen molar-refractivity contribution in [3.8, 4) is 6.07 Å². The van der Waals surface area contributed by atoms with Crippen LogP contribution in [0.2, 0.25) is 0 Å². The van der Waals surface area contributed by atoms with Gasteiger partial charge in [-0.05, 0) is 25.7 Å². The fourth-order valence-corrected chi connectivity index (χ4v) is 5.10. The molecule has 1 N–H and O–H groups in total. The molecule has 2 fully saturated rings. The van der Waals surface area contributed by atoms with E-state index in [1.165, 1.54) is 12.4 Å². The summed E-state index contributed by atoms with van der Waals surface area (Å²) in [6, 6.07) is 1.85. The van der Waals surface area contributed by atoms with Crippen LogP contribution in [0.15, 0.2) is 12.4 Å². The number of fused-ring (bicyclic) bond motifs is 2. The van der Waals surface area contributed by atoms with E-state index in [2.05, 4.69) is 9.97 Å². The first kappa shape index (κ1) is 11.8. The number of hydrogen-bond donors (Lipinski definition) is 1. The Balaban J connectivity index is 1.91. The number of aromatic nitrogens is 2. The molecule has 2 bridgehead atoms. The Kier molecular flexibility index (Phi) is 2.68. The zero-order valence-corrected chi connectivity index (χ0v) is 10.6. The first-order valence-electron chi connectivity index (χ1n) is 5.97. The van der Waals surface area contributed by atoms with Gasteiger partial charge in [-0.15, -0.1) is 0 Å². The average molecular weight is 263 g/mol. The lowest BCUT2D eigenvalue weighted by molar-refractivity contribution is 0.0178. The molecule has 2 aliphatic heterocycles. The number of rotatable bonds is 1. The highest BCUT2D eigenvalue weighted by molar-refractivity contribution is 7.86. The predicted octanol–water partition coefficient (Wildman–Crippen LogP) is 0.609. The van der Waals surface area contributed by atoms with E-state index in [4.69, 9.17) is 5.26 Å². The third kappa shape index (κ3) is 1.74. The van der Waals surface area contributed by atoms with Crippen LogP contribution in [0.5, 0.6) is 0 Å². The van der Waals surface area contributed by atoms with E-state index in [9.17, 15) is 9.32 Å². The zero-order valence-electron chi connectivity index (χ0n) is 9.74. The van der Waals surface area contributed by atoms with Gasteiger partial charge in [-0.2, -0.15) is 5.26 Å². The van der Waals surface area contributed by atoms with Crippen LogP contribution in [0.1, 0.15) is 37.1 Å². The molecule has 3 heterocycles. The summed E-state index contributed by atoms with van der Waals surface area (Å²) in [7, 11) is -0.798. The molecule has 18 heavy (non-hydrogen) atoms. The molecule has 0 saturated carbocycles. The Labute approximate surface area is 107 Å². The second-order valence-electron chi connectivity index (χ2n) is 5.00. The number of nitrogens with zero attached hydrogens (tertiary/aromatic N) is 3. The van der Waals surface area contributed by atoms with Gasteiger partial charge in [-0.25, -0.2) is 9.97 Å². The summed E-state index contributed by atoms with van der Waals surface area (Å²) >= 11 is 0. The molecule has 3 rings (SSSR count). The summed E-state index contributed by atoms with van der Waals surface area (Å²) in [4.78, 5) is 7.80. The van der Waals surface area contributed by atoms with Crippen LogP contribution < -0.4 is 0 Å². The summed E-state index contributed by atoms with van der Waals surface area (Å²) in [5.41, 5.74) is -0.344. The van der Waals surface area contributed by atoms with Gasteiger partial charge in [0, 0.05) is 39.3 Å². The first-order valence-corrected chi connectivity index (χ1v) is 7.24. The Morgan fingerprint density at radius 1 is 1.33 bits per heavy atom. The van der Waals surface area contributed by atoms with Gasteiger partial charge in [0.25, 0.3) is 0 Å². The molecule has 0 spiro atoms. The van der Waals surface area contributed by atoms with Crippen LogP contribution >= 0.6 is 0 Å². The molecule has 0 aromatic carbocycles. The van der Waals surface area contributed by atoms with E-state index >= 15 is 0 Å². The van der Waals surface area contributed by atoms with Crippen LogP contribution in [0.25, 0.3) is 0 Å². The van der Waals surface area contributed by atoms with Crippen molar-refractivity contribution >= 4 is 10.8 Å². The summed E-state index contributed by atoms with van der Waals surface area (Å²) in [5.74, 6) is 0.102. The summed E-state index contributed by atoms with van der Waals surface area (Å²) in [5, 5.41) is 19.5. The third-order valence-electron chi connectivity index (χ3n) is 3.89. The topological polar surface area (TPSA) is 86.9 Å². The van der Waals surface area contributed by atoms with Crippen molar-refractivity contribution in [2.75, 3.05) is 0 Å². The highest BCUT2D eigenvalue weighted by Gasteiger charge is 2.48. The van der Waals surface area contributed by atoms with Gasteiger partial charge in [0.15, 0.2) is 0 Å². The Hall–Kier alpha value is -1.32. The molecular formula is C12H13N3O2S. The van der Waals surface area contributed by atoms with E-state index in [1.54, 1.807) is 0 Å². The number of nitriles is 1. The highest BCUT2D eigenvalue weighted by Crippen LogP contribution is 2.45. The maximum Gasteiger partial charge on any atom is 0.232 e. The predicted molar refractivity (Wildman–Crippen MR) is 64.8 cm³/mol. The molecule has 2 saturated heterocycles. The van der Waals surface area contributed by atoms with Crippen molar-refractivity contribution in [3.63, 3.8) is 0 Å². The van der Waals surface area contributed by atoms with Crippen LogP contribution in [0, 0.1) is 11.3 Å². The molecule has 94 valence electrons. The standard InChI is InChI=1S/C12H13N3O2S/c13-5-11-14-6-8(7-15-11)12(16)3-9-1-2-10(4-12)18(9)17/h6-7,9-10,16H,1-4H2. The molecule has 5 nitrogen and oxygen atoms in total. The van der Waals surface area contributed by atoms with Gasteiger partial charge in [0.2, 0.25) is 5.82 Å². The molecule has 1 aromatic rings. The van der Waals surface area contributed by atoms with Crippen LogP contribution in [-0.4, -0.2) is 29.8 Å². The first-order chi connectivity index (χ1) is 8.62. The normalized spacial score (nSPS) is 38.3. The molecular weight excluding hydrogens is 250 g/mol. The van der Waals surface area contributed by atoms with E-state index in [1.807, 2.05) is 6.07 Å². The molecule has 2 atom stereocenters. The molecule has 2 unspecified atom stereocenters. The number of aliphatic hydroxyl groups is 1. The molecule has 0 radical (unpaired) electrons. The minimum Gasteiger partial charge on any atom is -0.385 e. The molecule has 0 aliphatic carbocycles. The summed E-state index contributed by atoms with van der Waals surface area (Å²) in [6.07, 6.45) is 5.89. The van der Waals surface area contributed by atoms with Crippen molar-refractivity contribution in [2.24, 2.45) is 0 Å². The monoisotopic (exact) mass is 263 g/mol. The Morgan fingerprint density at radius 3 is 2.39 bits per heavy atom. The molecule has 2 aliphatic rings. The van der Waals surface area contributed by atoms with Crippen molar-refractivity contribution in [1.82, 2.24) is 9.97 Å². The summed E-state index contributed by atoms with van der Waals surface area (Å²) < 4.78 is 11.9. The van der Waals surface area contributed by atoms with Gasteiger partial charge in [-0.1, -0.05) is 0 Å². The van der Waals surface area contributed by atoms with Gasteiger partial charge in [0.1, 0.15) is 6.07 Å².